The molecule has 0 radical (unpaired) electrons. The van der Waals surface area contributed by atoms with Gasteiger partial charge in [-0.25, -0.2) is 0 Å². The Bertz CT molecular complexity index is 1150. The molecule has 0 aliphatic heterocycles. The van der Waals surface area contributed by atoms with Crippen LogP contribution in [-0.2, 0) is 17.9 Å². The van der Waals surface area contributed by atoms with Gasteiger partial charge in [-0.15, -0.1) is 10.2 Å². The molecule has 1 heterocycles. The number of carbonyl (C=O) groups excluding carboxylic acids is 2. The highest BCUT2D eigenvalue weighted by Gasteiger charge is 2.16. The summed E-state index contributed by atoms with van der Waals surface area (Å²) in [5.41, 5.74) is 1.89. The molecule has 3 rings (SSSR count). The fraction of sp³-hybridized carbons (Fsp3) is 0.238. The van der Waals surface area contributed by atoms with E-state index in [-0.39, 0.29) is 29.1 Å². The first-order chi connectivity index (χ1) is 15.3. The summed E-state index contributed by atoms with van der Waals surface area (Å²) in [5, 5.41) is 15.8. The number of benzene rings is 2. The van der Waals surface area contributed by atoms with Crippen LogP contribution in [0.1, 0.15) is 28.7 Å². The van der Waals surface area contributed by atoms with Crippen molar-refractivity contribution < 1.29 is 9.59 Å². The minimum absolute atomic E-state index is 0.149. The van der Waals surface area contributed by atoms with Crippen molar-refractivity contribution in [3.8, 4) is 0 Å². The van der Waals surface area contributed by atoms with Gasteiger partial charge in [-0.1, -0.05) is 52.6 Å². The van der Waals surface area contributed by atoms with E-state index in [2.05, 4.69) is 20.8 Å². The van der Waals surface area contributed by atoms with Gasteiger partial charge in [0.2, 0.25) is 5.91 Å². The van der Waals surface area contributed by atoms with Crippen molar-refractivity contribution in [1.29, 1.82) is 0 Å². The van der Waals surface area contributed by atoms with Crippen LogP contribution in [0.2, 0.25) is 15.1 Å². The summed E-state index contributed by atoms with van der Waals surface area (Å²) in [5.74, 6) is 0.186. The van der Waals surface area contributed by atoms with E-state index in [4.69, 9.17) is 34.8 Å². The second kappa shape index (κ2) is 11.0. The van der Waals surface area contributed by atoms with Crippen LogP contribution >= 0.6 is 46.6 Å². The van der Waals surface area contributed by atoms with Crippen LogP contribution in [0.4, 0.5) is 5.69 Å². The lowest BCUT2D eigenvalue weighted by molar-refractivity contribution is -0.113. The van der Waals surface area contributed by atoms with Crippen LogP contribution in [0.15, 0.2) is 41.6 Å². The first kappa shape index (κ1) is 24.4. The Balaban J connectivity index is 1.58. The number of nitrogens with zero attached hydrogens (tertiary/aromatic N) is 3. The molecule has 0 saturated carbocycles. The summed E-state index contributed by atoms with van der Waals surface area (Å²) in [4.78, 5) is 24.7. The normalized spacial score (nSPS) is 10.8. The molecular weight excluding hydrogens is 493 g/mol. The highest BCUT2D eigenvalue weighted by atomic mass is 35.5. The summed E-state index contributed by atoms with van der Waals surface area (Å²) in [6.45, 7) is 4.57. The number of anilines is 1. The van der Waals surface area contributed by atoms with Gasteiger partial charge in [-0.3, -0.25) is 9.59 Å². The van der Waals surface area contributed by atoms with Crippen molar-refractivity contribution in [3.05, 3.63) is 68.4 Å². The van der Waals surface area contributed by atoms with Crippen molar-refractivity contribution in [1.82, 2.24) is 20.1 Å². The standard InChI is InChI=1S/C21H20Cl3N5O2S/c1-3-29-18(10-25-20(31)15-7-5-13(22)8-17(15)24)27-28-21(29)32-11-19(30)26-14-6-4-12(2)16(23)9-14/h4-9H,3,10-11H2,1-2H3,(H,25,31)(H,26,30). The number of hydrogen-bond acceptors (Lipinski definition) is 5. The van der Waals surface area contributed by atoms with Gasteiger partial charge in [0.1, 0.15) is 0 Å². The molecular formula is C21H20Cl3N5O2S. The Hall–Kier alpha value is -2.26. The van der Waals surface area contributed by atoms with Gasteiger partial charge in [0.05, 0.1) is 22.9 Å². The third kappa shape index (κ3) is 6.16. The van der Waals surface area contributed by atoms with Crippen LogP contribution in [0.5, 0.6) is 0 Å². The van der Waals surface area contributed by atoms with Gasteiger partial charge in [0.25, 0.3) is 5.91 Å². The number of thioether (sulfide) groups is 1. The molecule has 0 atom stereocenters. The lowest BCUT2D eigenvalue weighted by atomic mass is 10.2. The van der Waals surface area contributed by atoms with Gasteiger partial charge in [-0.05, 0) is 49.7 Å². The second-order valence-electron chi connectivity index (χ2n) is 6.75. The summed E-state index contributed by atoms with van der Waals surface area (Å²) in [6, 6.07) is 10.0. The number of aryl methyl sites for hydroxylation is 1. The Labute approximate surface area is 204 Å². The van der Waals surface area contributed by atoms with Crippen LogP contribution in [0.25, 0.3) is 0 Å². The third-order valence-corrected chi connectivity index (χ3v) is 6.40. The Morgan fingerprint density at radius 1 is 1.06 bits per heavy atom. The van der Waals surface area contributed by atoms with E-state index >= 15 is 0 Å². The van der Waals surface area contributed by atoms with Gasteiger partial charge in [-0.2, -0.15) is 0 Å². The van der Waals surface area contributed by atoms with Crippen LogP contribution in [0.3, 0.4) is 0 Å². The molecule has 3 aromatic rings. The van der Waals surface area contributed by atoms with Gasteiger partial charge in [0, 0.05) is 22.3 Å². The summed E-state index contributed by atoms with van der Waals surface area (Å²) in [7, 11) is 0. The zero-order valence-electron chi connectivity index (χ0n) is 17.3. The van der Waals surface area contributed by atoms with Crippen LogP contribution in [-0.4, -0.2) is 32.3 Å². The molecule has 2 amide bonds. The number of carbonyl (C=O) groups is 2. The van der Waals surface area contributed by atoms with E-state index in [0.29, 0.717) is 38.8 Å². The summed E-state index contributed by atoms with van der Waals surface area (Å²) < 4.78 is 1.84. The number of halogens is 3. The second-order valence-corrected chi connectivity index (χ2v) is 8.94. The fourth-order valence-corrected chi connectivity index (χ4v) is 4.30. The zero-order chi connectivity index (χ0) is 23.3. The predicted molar refractivity (Wildman–Crippen MR) is 129 cm³/mol. The first-order valence-corrected chi connectivity index (χ1v) is 11.7. The molecule has 0 aliphatic rings. The lowest BCUT2D eigenvalue weighted by Gasteiger charge is -2.10. The van der Waals surface area contributed by atoms with E-state index in [9.17, 15) is 9.59 Å². The quantitative estimate of drug-likeness (QED) is 0.404. The van der Waals surface area contributed by atoms with Gasteiger partial charge < -0.3 is 15.2 Å². The average Bonchev–Trinajstić information content (AvgIpc) is 3.15. The minimum atomic E-state index is -0.345. The SMILES string of the molecule is CCn1c(CNC(=O)c2ccc(Cl)cc2Cl)nnc1SCC(=O)Nc1ccc(C)c(Cl)c1. The highest BCUT2D eigenvalue weighted by Crippen LogP contribution is 2.22. The molecule has 0 unspecified atom stereocenters. The van der Waals surface area contributed by atoms with Crippen molar-refractivity contribution in [2.24, 2.45) is 0 Å². The molecule has 2 N–H and O–H groups in total. The lowest BCUT2D eigenvalue weighted by Crippen LogP contribution is -2.25. The largest absolute Gasteiger partial charge is 0.345 e. The minimum Gasteiger partial charge on any atom is -0.345 e. The van der Waals surface area contributed by atoms with Crippen LogP contribution < -0.4 is 10.6 Å². The molecule has 0 fully saturated rings. The topological polar surface area (TPSA) is 88.9 Å². The Morgan fingerprint density at radius 3 is 2.53 bits per heavy atom. The molecule has 11 heteroatoms. The van der Waals surface area contributed by atoms with E-state index in [0.717, 1.165) is 5.56 Å². The molecule has 0 aliphatic carbocycles. The molecule has 0 spiro atoms. The van der Waals surface area contributed by atoms with E-state index < -0.39 is 0 Å². The molecule has 32 heavy (non-hydrogen) atoms. The number of nitrogens with one attached hydrogen (secondary N) is 2. The third-order valence-electron chi connectivity index (χ3n) is 4.48. The monoisotopic (exact) mass is 511 g/mol. The highest BCUT2D eigenvalue weighted by molar-refractivity contribution is 7.99. The van der Waals surface area contributed by atoms with E-state index in [1.807, 2.05) is 24.5 Å². The maximum absolute atomic E-state index is 12.4. The van der Waals surface area contributed by atoms with Crippen molar-refractivity contribution in [3.63, 3.8) is 0 Å². The number of amides is 2. The predicted octanol–water partition coefficient (Wildman–Crippen LogP) is 5.23. The molecule has 0 bridgehead atoms. The first-order valence-electron chi connectivity index (χ1n) is 9.62. The molecule has 1 aromatic heterocycles. The maximum atomic E-state index is 12.4. The Morgan fingerprint density at radius 2 is 1.84 bits per heavy atom. The molecule has 168 valence electrons. The van der Waals surface area contributed by atoms with Crippen molar-refractivity contribution in [2.75, 3.05) is 11.1 Å². The maximum Gasteiger partial charge on any atom is 0.253 e. The average molecular weight is 513 g/mol. The number of rotatable bonds is 8. The number of aromatic nitrogens is 3. The van der Waals surface area contributed by atoms with Crippen molar-refractivity contribution >= 4 is 64.1 Å². The smallest absolute Gasteiger partial charge is 0.253 e. The molecule has 2 aromatic carbocycles. The van der Waals surface area contributed by atoms with E-state index in [1.54, 1.807) is 24.3 Å². The van der Waals surface area contributed by atoms with E-state index in [1.165, 1.54) is 17.8 Å². The zero-order valence-corrected chi connectivity index (χ0v) is 20.4. The van der Waals surface area contributed by atoms with Gasteiger partial charge in [0.15, 0.2) is 11.0 Å². The fourth-order valence-electron chi connectivity index (χ4n) is 2.80. The van der Waals surface area contributed by atoms with Crippen LogP contribution in [0, 0.1) is 6.92 Å². The summed E-state index contributed by atoms with van der Waals surface area (Å²) in [6.07, 6.45) is 0. The Kier molecular flexibility index (Phi) is 8.42. The molecule has 7 nitrogen and oxygen atoms in total. The molecule has 0 saturated heterocycles. The number of hydrogen-bond donors (Lipinski definition) is 2. The van der Waals surface area contributed by atoms with Gasteiger partial charge >= 0.3 is 0 Å². The summed E-state index contributed by atoms with van der Waals surface area (Å²) >= 11 is 19.3. The van der Waals surface area contributed by atoms with Crippen molar-refractivity contribution in [2.45, 2.75) is 32.1 Å².